The van der Waals surface area contributed by atoms with Gasteiger partial charge in [0.1, 0.15) is 5.82 Å². The van der Waals surface area contributed by atoms with Crippen LogP contribution in [0.3, 0.4) is 0 Å². The minimum absolute atomic E-state index is 0.484. The van der Waals surface area contributed by atoms with Crippen molar-refractivity contribution in [1.82, 2.24) is 9.38 Å². The summed E-state index contributed by atoms with van der Waals surface area (Å²) in [5.74, 6) is 1.06. The molecule has 3 nitrogen and oxygen atoms in total. The quantitative estimate of drug-likeness (QED) is 0.768. The summed E-state index contributed by atoms with van der Waals surface area (Å²) in [5.41, 5.74) is 7.81. The van der Waals surface area contributed by atoms with Gasteiger partial charge >= 0.3 is 0 Å². The molecule has 0 aliphatic rings. The Hall–Kier alpha value is -1.65. The molecule has 0 bridgehead atoms. The Balaban J connectivity index is 2.10. The van der Waals surface area contributed by atoms with E-state index in [-0.39, 0.29) is 0 Å². The first kappa shape index (κ1) is 10.5. The number of imidazole rings is 1. The maximum atomic E-state index is 5.73. The number of thiophene rings is 1. The fourth-order valence-corrected chi connectivity index (χ4v) is 2.72. The molecule has 0 aromatic carbocycles. The van der Waals surface area contributed by atoms with Gasteiger partial charge in [-0.2, -0.15) is 0 Å². The summed E-state index contributed by atoms with van der Waals surface area (Å²) in [6.45, 7) is 0.484. The lowest BCUT2D eigenvalue weighted by atomic mass is 10.3. The lowest BCUT2D eigenvalue weighted by Gasteiger charge is -1.98. The zero-order valence-electron chi connectivity index (χ0n) is 9.34. The van der Waals surface area contributed by atoms with Crippen molar-refractivity contribution in [2.45, 2.75) is 13.0 Å². The first-order valence-electron chi connectivity index (χ1n) is 5.56. The Morgan fingerprint density at radius 1 is 1.24 bits per heavy atom. The molecule has 0 saturated heterocycles. The van der Waals surface area contributed by atoms with Gasteiger partial charge in [-0.1, -0.05) is 12.1 Å². The smallest absolute Gasteiger partial charge is 0.118 e. The van der Waals surface area contributed by atoms with Crippen LogP contribution in [0.15, 0.2) is 41.9 Å². The first-order chi connectivity index (χ1) is 8.38. The van der Waals surface area contributed by atoms with Crippen molar-refractivity contribution in [3.05, 3.63) is 58.3 Å². The molecule has 2 N–H and O–H groups in total. The average Bonchev–Trinajstić information content (AvgIpc) is 2.98. The standard InChI is InChI=1S/C13H13N3S/c14-9-11-12-5-1-2-6-16(12)13(15-11)8-10-4-3-7-17-10/h1-7H,8-9,14H2. The molecule has 0 radical (unpaired) electrons. The van der Waals surface area contributed by atoms with E-state index in [0.717, 1.165) is 23.5 Å². The summed E-state index contributed by atoms with van der Waals surface area (Å²) < 4.78 is 2.13. The molecular formula is C13H13N3S. The number of hydrogen-bond donors (Lipinski definition) is 1. The summed E-state index contributed by atoms with van der Waals surface area (Å²) in [4.78, 5) is 5.95. The molecule has 4 heteroatoms. The lowest BCUT2D eigenvalue weighted by molar-refractivity contribution is 0.947. The Bertz CT molecular complexity index is 625. The Labute approximate surface area is 104 Å². The monoisotopic (exact) mass is 243 g/mol. The summed E-state index contributed by atoms with van der Waals surface area (Å²) in [5, 5.41) is 2.09. The van der Waals surface area contributed by atoms with Gasteiger partial charge in [0, 0.05) is 24.0 Å². The van der Waals surface area contributed by atoms with Crippen LogP contribution in [0, 0.1) is 0 Å². The zero-order chi connectivity index (χ0) is 11.7. The number of aromatic nitrogens is 2. The van der Waals surface area contributed by atoms with Crippen LogP contribution in [0.2, 0.25) is 0 Å². The maximum absolute atomic E-state index is 5.73. The van der Waals surface area contributed by atoms with Crippen LogP contribution in [0.25, 0.3) is 5.52 Å². The van der Waals surface area contributed by atoms with Crippen LogP contribution in [0.1, 0.15) is 16.4 Å². The number of nitrogens with zero attached hydrogens (tertiary/aromatic N) is 2. The predicted molar refractivity (Wildman–Crippen MR) is 70.2 cm³/mol. The predicted octanol–water partition coefficient (Wildman–Crippen LogP) is 2.45. The number of nitrogens with two attached hydrogens (primary N) is 1. The van der Waals surface area contributed by atoms with E-state index in [1.165, 1.54) is 4.88 Å². The number of hydrogen-bond acceptors (Lipinski definition) is 3. The molecule has 0 unspecified atom stereocenters. The Morgan fingerprint density at radius 3 is 2.94 bits per heavy atom. The number of rotatable bonds is 3. The van der Waals surface area contributed by atoms with E-state index in [1.807, 2.05) is 18.3 Å². The van der Waals surface area contributed by atoms with Gasteiger partial charge in [0.2, 0.25) is 0 Å². The van der Waals surface area contributed by atoms with E-state index in [4.69, 9.17) is 5.73 Å². The Kier molecular flexibility index (Phi) is 2.66. The van der Waals surface area contributed by atoms with Gasteiger partial charge in [-0.3, -0.25) is 0 Å². The lowest BCUT2D eigenvalue weighted by Crippen LogP contribution is -1.97. The fraction of sp³-hybridized carbons (Fsp3) is 0.154. The van der Waals surface area contributed by atoms with Gasteiger partial charge < -0.3 is 10.1 Å². The summed E-state index contributed by atoms with van der Waals surface area (Å²) in [7, 11) is 0. The topological polar surface area (TPSA) is 43.3 Å². The maximum Gasteiger partial charge on any atom is 0.118 e. The highest BCUT2D eigenvalue weighted by Crippen LogP contribution is 2.18. The molecule has 17 heavy (non-hydrogen) atoms. The van der Waals surface area contributed by atoms with Crippen LogP contribution in [0.4, 0.5) is 0 Å². The third kappa shape index (κ3) is 1.85. The van der Waals surface area contributed by atoms with E-state index < -0.39 is 0 Å². The van der Waals surface area contributed by atoms with Crippen molar-refractivity contribution < 1.29 is 0 Å². The molecule has 3 heterocycles. The number of pyridine rings is 1. The van der Waals surface area contributed by atoms with E-state index in [2.05, 4.69) is 33.0 Å². The highest BCUT2D eigenvalue weighted by atomic mass is 32.1. The normalized spacial score (nSPS) is 11.1. The minimum atomic E-state index is 0.484. The van der Waals surface area contributed by atoms with E-state index in [1.54, 1.807) is 11.3 Å². The van der Waals surface area contributed by atoms with Crippen molar-refractivity contribution in [3.8, 4) is 0 Å². The third-order valence-corrected chi connectivity index (χ3v) is 3.68. The molecule has 3 rings (SSSR count). The molecule has 0 saturated carbocycles. The summed E-state index contributed by atoms with van der Waals surface area (Å²) in [6.07, 6.45) is 2.91. The van der Waals surface area contributed by atoms with Gasteiger partial charge in [0.15, 0.2) is 0 Å². The van der Waals surface area contributed by atoms with Crippen molar-refractivity contribution in [3.63, 3.8) is 0 Å². The molecule has 0 amide bonds. The zero-order valence-corrected chi connectivity index (χ0v) is 10.2. The van der Waals surface area contributed by atoms with E-state index in [9.17, 15) is 0 Å². The van der Waals surface area contributed by atoms with Crippen LogP contribution in [-0.4, -0.2) is 9.38 Å². The largest absolute Gasteiger partial charge is 0.325 e. The van der Waals surface area contributed by atoms with Crippen LogP contribution in [0.5, 0.6) is 0 Å². The highest BCUT2D eigenvalue weighted by molar-refractivity contribution is 7.09. The fourth-order valence-electron chi connectivity index (χ4n) is 2.01. The van der Waals surface area contributed by atoms with E-state index in [0.29, 0.717) is 6.54 Å². The average molecular weight is 243 g/mol. The van der Waals surface area contributed by atoms with Crippen LogP contribution >= 0.6 is 11.3 Å². The molecule has 0 spiro atoms. The first-order valence-corrected chi connectivity index (χ1v) is 6.44. The van der Waals surface area contributed by atoms with E-state index >= 15 is 0 Å². The molecule has 0 aliphatic carbocycles. The van der Waals surface area contributed by atoms with Crippen molar-refractivity contribution in [1.29, 1.82) is 0 Å². The molecule has 0 fully saturated rings. The number of fused-ring (bicyclic) bond motifs is 1. The molecule has 0 atom stereocenters. The Morgan fingerprint density at radius 2 is 2.18 bits per heavy atom. The van der Waals surface area contributed by atoms with Gasteiger partial charge in [-0.15, -0.1) is 11.3 Å². The SMILES string of the molecule is NCc1nc(Cc2cccs2)n2ccccc12. The molecule has 86 valence electrons. The second kappa shape index (κ2) is 4.31. The molecule has 0 aliphatic heterocycles. The van der Waals surface area contributed by atoms with Crippen LogP contribution in [-0.2, 0) is 13.0 Å². The summed E-state index contributed by atoms with van der Waals surface area (Å²) >= 11 is 1.76. The van der Waals surface area contributed by atoms with Crippen LogP contribution < -0.4 is 5.73 Å². The van der Waals surface area contributed by atoms with Gasteiger partial charge in [-0.25, -0.2) is 4.98 Å². The van der Waals surface area contributed by atoms with Crippen molar-refractivity contribution >= 4 is 16.9 Å². The van der Waals surface area contributed by atoms with Crippen molar-refractivity contribution in [2.24, 2.45) is 5.73 Å². The third-order valence-electron chi connectivity index (χ3n) is 2.80. The molecule has 3 aromatic heterocycles. The second-order valence-corrected chi connectivity index (χ2v) is 4.92. The highest BCUT2D eigenvalue weighted by Gasteiger charge is 2.09. The van der Waals surface area contributed by atoms with Gasteiger partial charge in [0.25, 0.3) is 0 Å². The summed E-state index contributed by atoms with van der Waals surface area (Å²) in [6, 6.07) is 10.3. The van der Waals surface area contributed by atoms with Gasteiger partial charge in [0.05, 0.1) is 11.2 Å². The second-order valence-electron chi connectivity index (χ2n) is 3.89. The molecule has 3 aromatic rings. The van der Waals surface area contributed by atoms with Crippen molar-refractivity contribution in [2.75, 3.05) is 0 Å². The minimum Gasteiger partial charge on any atom is -0.325 e. The van der Waals surface area contributed by atoms with Gasteiger partial charge in [-0.05, 0) is 23.6 Å². The molecular weight excluding hydrogens is 230 g/mol.